The van der Waals surface area contributed by atoms with Gasteiger partial charge in [-0.25, -0.2) is 0 Å². The zero-order valence-corrected chi connectivity index (χ0v) is 18.9. The van der Waals surface area contributed by atoms with E-state index in [1.54, 1.807) is 11.1 Å². The maximum absolute atomic E-state index is 12.5. The Kier molecular flexibility index (Phi) is 4.10. The van der Waals surface area contributed by atoms with Crippen LogP contribution in [-0.2, 0) is 9.53 Å². The summed E-state index contributed by atoms with van der Waals surface area (Å²) in [5.41, 5.74) is 3.47. The molecule has 29 heavy (non-hydrogen) atoms. The highest BCUT2D eigenvalue weighted by Crippen LogP contribution is 2.82. The molecule has 0 saturated heterocycles. The van der Waals surface area contributed by atoms with E-state index in [1.807, 2.05) is 20.8 Å². The molecule has 2 unspecified atom stereocenters. The molecular weight excluding hydrogens is 360 g/mol. The van der Waals surface area contributed by atoms with Crippen molar-refractivity contribution in [1.29, 1.82) is 0 Å². The molecule has 3 nitrogen and oxygen atoms in total. The van der Waals surface area contributed by atoms with E-state index in [9.17, 15) is 9.90 Å². The summed E-state index contributed by atoms with van der Waals surface area (Å²) in [5.74, 6) is 1.57. The van der Waals surface area contributed by atoms with Crippen LogP contribution in [0, 0.1) is 39.4 Å². The van der Waals surface area contributed by atoms with Gasteiger partial charge >= 0.3 is 5.97 Å². The molecule has 5 aliphatic carbocycles. The third-order valence-corrected chi connectivity index (χ3v) is 9.79. The van der Waals surface area contributed by atoms with Crippen LogP contribution < -0.4 is 0 Å². The summed E-state index contributed by atoms with van der Waals surface area (Å²) in [6.45, 7) is 10.7. The van der Waals surface area contributed by atoms with Crippen LogP contribution in [0.5, 0.6) is 0 Å². The predicted octanol–water partition coefficient (Wildman–Crippen LogP) is 5.44. The number of allylic oxidation sites excluding steroid dienone is 4. The van der Waals surface area contributed by atoms with Crippen molar-refractivity contribution in [1.82, 2.24) is 0 Å². The van der Waals surface area contributed by atoms with Crippen molar-refractivity contribution in [3.63, 3.8) is 0 Å². The average molecular weight is 399 g/mol. The molecule has 5 rings (SSSR count). The zero-order chi connectivity index (χ0) is 20.8. The Morgan fingerprint density at radius 1 is 1.28 bits per heavy atom. The highest BCUT2D eigenvalue weighted by Gasteiger charge is 2.76. The maximum atomic E-state index is 12.5. The quantitative estimate of drug-likeness (QED) is 0.509. The van der Waals surface area contributed by atoms with Crippen LogP contribution in [0.25, 0.3) is 0 Å². The largest absolute Gasteiger partial charge is 0.462 e. The molecule has 3 heteroatoms. The predicted molar refractivity (Wildman–Crippen MR) is 114 cm³/mol. The SMILES string of the molecule is C[C@H](OC(=O)C(C)(C)C)[C@H]1CCC2=C3C4CC45C=CCC[C@]5(CO)[C@H]3CC[C@@]21C. The minimum atomic E-state index is -0.450. The van der Waals surface area contributed by atoms with Gasteiger partial charge in [-0.1, -0.05) is 30.2 Å². The molecule has 0 bridgehead atoms. The first-order chi connectivity index (χ1) is 13.6. The van der Waals surface area contributed by atoms with E-state index in [0.717, 1.165) is 25.7 Å². The van der Waals surface area contributed by atoms with Crippen LogP contribution in [0.4, 0.5) is 0 Å². The fourth-order valence-electron chi connectivity index (χ4n) is 8.22. The molecule has 0 aliphatic heterocycles. The van der Waals surface area contributed by atoms with Crippen LogP contribution in [0.15, 0.2) is 23.3 Å². The van der Waals surface area contributed by atoms with Crippen molar-refractivity contribution < 1.29 is 14.6 Å². The van der Waals surface area contributed by atoms with E-state index in [1.165, 1.54) is 19.3 Å². The Bertz CT molecular complexity index is 801. The average Bonchev–Trinajstić information content (AvgIpc) is 3.16. The molecule has 0 aromatic carbocycles. The number of hydrogen-bond acceptors (Lipinski definition) is 3. The summed E-state index contributed by atoms with van der Waals surface area (Å²) in [7, 11) is 0. The van der Waals surface area contributed by atoms with Crippen molar-refractivity contribution in [3.8, 4) is 0 Å². The third-order valence-electron chi connectivity index (χ3n) is 9.79. The normalized spacial score (nSPS) is 45.9. The fourth-order valence-corrected chi connectivity index (χ4v) is 8.22. The lowest BCUT2D eigenvalue weighted by molar-refractivity contribution is -0.162. The lowest BCUT2D eigenvalue weighted by atomic mass is 9.56. The van der Waals surface area contributed by atoms with E-state index in [4.69, 9.17) is 4.74 Å². The van der Waals surface area contributed by atoms with E-state index >= 15 is 0 Å². The number of carbonyl (C=O) groups is 1. The lowest BCUT2D eigenvalue weighted by Gasteiger charge is -2.48. The Morgan fingerprint density at radius 3 is 2.72 bits per heavy atom. The molecule has 160 valence electrons. The van der Waals surface area contributed by atoms with Gasteiger partial charge in [-0.15, -0.1) is 0 Å². The maximum Gasteiger partial charge on any atom is 0.311 e. The van der Waals surface area contributed by atoms with E-state index in [-0.39, 0.29) is 28.3 Å². The number of ether oxygens (including phenoxy) is 1. The Morgan fingerprint density at radius 2 is 2.03 bits per heavy atom. The number of esters is 1. The number of fused-ring (bicyclic) bond motifs is 4. The second-order valence-electron chi connectivity index (χ2n) is 12.0. The molecule has 0 aromatic heterocycles. The minimum absolute atomic E-state index is 0.0371. The monoisotopic (exact) mass is 398 g/mol. The summed E-state index contributed by atoms with van der Waals surface area (Å²) in [4.78, 5) is 12.5. The van der Waals surface area contributed by atoms with Gasteiger partial charge in [0.05, 0.1) is 12.0 Å². The van der Waals surface area contributed by atoms with Gasteiger partial charge in [0, 0.05) is 16.7 Å². The highest BCUT2D eigenvalue weighted by atomic mass is 16.5. The standard InChI is InChI=1S/C26H38O3/c1-16(29-22(28)23(2,3)4)17-8-9-18-21-19(10-13-24(17,18)5)26(15-27)12-7-6-11-25(26)14-20(21)25/h6,11,16-17,19-20,27H,7-10,12-15H2,1-5H3/t16-,17+,19-,20?,24+,25?,26-/m0/s1. The first-order valence-corrected chi connectivity index (χ1v) is 11.8. The van der Waals surface area contributed by atoms with Crippen LogP contribution in [-0.4, -0.2) is 23.8 Å². The molecule has 0 radical (unpaired) electrons. The fraction of sp³-hybridized carbons (Fsp3) is 0.808. The molecule has 0 aromatic rings. The molecule has 1 N–H and O–H groups in total. The molecular formula is C26H38O3. The van der Waals surface area contributed by atoms with E-state index in [2.05, 4.69) is 26.0 Å². The van der Waals surface area contributed by atoms with E-state index < -0.39 is 5.41 Å². The lowest BCUT2D eigenvalue weighted by Crippen LogP contribution is -2.44. The molecule has 1 spiro atoms. The highest BCUT2D eigenvalue weighted by molar-refractivity contribution is 5.75. The summed E-state index contributed by atoms with van der Waals surface area (Å²) in [5, 5.41) is 10.6. The van der Waals surface area contributed by atoms with Crippen LogP contribution in [0.1, 0.15) is 79.6 Å². The Hall–Kier alpha value is -1.09. The molecule has 0 amide bonds. The van der Waals surface area contributed by atoms with Crippen molar-refractivity contribution in [3.05, 3.63) is 23.3 Å². The van der Waals surface area contributed by atoms with E-state index in [0.29, 0.717) is 24.4 Å². The number of hydrogen-bond donors (Lipinski definition) is 1. The molecule has 3 saturated carbocycles. The molecule has 7 atom stereocenters. The summed E-state index contributed by atoms with van der Waals surface area (Å²) < 4.78 is 5.98. The number of carbonyl (C=O) groups excluding carboxylic acids is 1. The second-order valence-corrected chi connectivity index (χ2v) is 12.0. The first kappa shape index (κ1) is 19.8. The third kappa shape index (κ3) is 2.37. The minimum Gasteiger partial charge on any atom is -0.462 e. The van der Waals surface area contributed by atoms with Gasteiger partial charge < -0.3 is 9.84 Å². The molecule has 3 fully saturated rings. The van der Waals surface area contributed by atoms with Gasteiger partial charge in [-0.2, -0.15) is 0 Å². The van der Waals surface area contributed by atoms with Crippen LogP contribution in [0.2, 0.25) is 0 Å². The van der Waals surface area contributed by atoms with Crippen molar-refractivity contribution in [2.75, 3.05) is 6.61 Å². The van der Waals surface area contributed by atoms with Gasteiger partial charge in [0.2, 0.25) is 0 Å². The topological polar surface area (TPSA) is 46.5 Å². The van der Waals surface area contributed by atoms with Gasteiger partial charge in [-0.3, -0.25) is 4.79 Å². The second kappa shape index (κ2) is 5.99. The number of aliphatic hydroxyl groups excluding tert-OH is 1. The van der Waals surface area contributed by atoms with Gasteiger partial charge in [0.1, 0.15) is 6.10 Å². The Labute approximate surface area is 176 Å². The van der Waals surface area contributed by atoms with Crippen molar-refractivity contribution in [2.45, 2.75) is 85.7 Å². The van der Waals surface area contributed by atoms with Crippen LogP contribution >= 0.6 is 0 Å². The first-order valence-electron chi connectivity index (χ1n) is 11.8. The van der Waals surface area contributed by atoms with Crippen LogP contribution in [0.3, 0.4) is 0 Å². The van der Waals surface area contributed by atoms with Gasteiger partial charge in [0.15, 0.2) is 0 Å². The zero-order valence-electron chi connectivity index (χ0n) is 18.9. The molecule has 5 aliphatic rings. The summed E-state index contributed by atoms with van der Waals surface area (Å²) >= 11 is 0. The molecule has 0 heterocycles. The smallest absolute Gasteiger partial charge is 0.311 e. The summed E-state index contributed by atoms with van der Waals surface area (Å²) in [6, 6.07) is 0. The van der Waals surface area contributed by atoms with Crippen molar-refractivity contribution >= 4 is 5.97 Å². The van der Waals surface area contributed by atoms with Gasteiger partial charge in [0.25, 0.3) is 0 Å². The van der Waals surface area contributed by atoms with Crippen molar-refractivity contribution in [2.24, 2.45) is 39.4 Å². The summed E-state index contributed by atoms with van der Waals surface area (Å²) in [6.07, 6.45) is 13.0. The number of rotatable bonds is 3. The van der Waals surface area contributed by atoms with Gasteiger partial charge in [-0.05, 0) is 89.9 Å². The Balaban J connectivity index is 1.48. The number of aliphatic hydroxyl groups is 1.